The van der Waals surface area contributed by atoms with Crippen molar-refractivity contribution in [2.45, 2.75) is 6.92 Å². The summed E-state index contributed by atoms with van der Waals surface area (Å²) in [5.41, 5.74) is 7.63. The van der Waals surface area contributed by atoms with Crippen LogP contribution in [0.5, 0.6) is 0 Å². The topological polar surface area (TPSA) is 52.0 Å². The van der Waals surface area contributed by atoms with Gasteiger partial charge in [-0.15, -0.1) is 11.3 Å². The zero-order valence-electron chi connectivity index (χ0n) is 10.2. The molecule has 96 valence electrons. The number of nitrogens with zero attached hydrogens (tertiary/aromatic N) is 1. The number of thiophene rings is 1. The third kappa shape index (κ3) is 2.25. The lowest BCUT2D eigenvalue weighted by Gasteiger charge is -2.01. The van der Waals surface area contributed by atoms with E-state index in [1.165, 1.54) is 4.88 Å². The van der Waals surface area contributed by atoms with Crippen LogP contribution in [-0.4, -0.2) is 5.16 Å². The highest BCUT2D eigenvalue weighted by atomic mass is 35.5. The zero-order valence-corrected chi connectivity index (χ0v) is 11.8. The number of benzene rings is 1. The molecule has 3 rings (SSSR count). The summed E-state index contributed by atoms with van der Waals surface area (Å²) in [7, 11) is 0. The molecule has 1 aromatic carbocycles. The quantitative estimate of drug-likeness (QED) is 0.749. The van der Waals surface area contributed by atoms with Crippen molar-refractivity contribution in [1.82, 2.24) is 5.16 Å². The van der Waals surface area contributed by atoms with Gasteiger partial charge in [0.2, 0.25) is 0 Å². The molecule has 0 aliphatic rings. The molecule has 0 saturated heterocycles. The zero-order chi connectivity index (χ0) is 13.4. The van der Waals surface area contributed by atoms with E-state index >= 15 is 0 Å². The van der Waals surface area contributed by atoms with Crippen LogP contribution in [0.25, 0.3) is 21.8 Å². The molecular formula is C14H11ClN2OS. The van der Waals surface area contributed by atoms with Crippen molar-refractivity contribution in [1.29, 1.82) is 0 Å². The first-order valence-electron chi connectivity index (χ1n) is 5.73. The molecule has 0 aliphatic carbocycles. The van der Waals surface area contributed by atoms with E-state index < -0.39 is 0 Å². The van der Waals surface area contributed by atoms with Crippen LogP contribution in [0.15, 0.2) is 40.9 Å². The summed E-state index contributed by atoms with van der Waals surface area (Å²) in [6.07, 6.45) is 0. The maximum atomic E-state index is 6.03. The predicted molar refractivity (Wildman–Crippen MR) is 79.4 cm³/mol. The standard InChI is InChI=1S/C14H11ClN2OS/c1-8-5-6-11(19-8)13-12(14(16)17-18-13)9-3-2-4-10(15)7-9/h2-7H,1H3,(H2,16,17). The highest BCUT2D eigenvalue weighted by molar-refractivity contribution is 7.15. The normalized spacial score (nSPS) is 10.8. The van der Waals surface area contributed by atoms with Crippen molar-refractivity contribution in [2.24, 2.45) is 0 Å². The van der Waals surface area contributed by atoms with Gasteiger partial charge in [0.05, 0.1) is 10.4 Å². The average molecular weight is 291 g/mol. The number of hydrogen-bond donors (Lipinski definition) is 1. The van der Waals surface area contributed by atoms with E-state index in [-0.39, 0.29) is 0 Å². The van der Waals surface area contributed by atoms with Crippen LogP contribution in [0.4, 0.5) is 5.82 Å². The Morgan fingerprint density at radius 1 is 1.26 bits per heavy atom. The second-order valence-electron chi connectivity index (χ2n) is 4.19. The van der Waals surface area contributed by atoms with Crippen molar-refractivity contribution in [3.05, 3.63) is 46.3 Å². The van der Waals surface area contributed by atoms with E-state index in [0.717, 1.165) is 16.0 Å². The third-order valence-corrected chi connectivity index (χ3v) is 4.03. The van der Waals surface area contributed by atoms with Crippen molar-refractivity contribution < 1.29 is 4.52 Å². The van der Waals surface area contributed by atoms with Crippen LogP contribution in [0.3, 0.4) is 0 Å². The number of hydrogen-bond acceptors (Lipinski definition) is 4. The largest absolute Gasteiger partial charge is 0.380 e. The van der Waals surface area contributed by atoms with Gasteiger partial charge in [0.15, 0.2) is 11.6 Å². The molecule has 0 bridgehead atoms. The van der Waals surface area contributed by atoms with Gasteiger partial charge >= 0.3 is 0 Å². The number of rotatable bonds is 2. The van der Waals surface area contributed by atoms with Gasteiger partial charge in [-0.2, -0.15) is 0 Å². The van der Waals surface area contributed by atoms with Gasteiger partial charge in [0, 0.05) is 9.90 Å². The fourth-order valence-corrected chi connectivity index (χ4v) is 2.99. The van der Waals surface area contributed by atoms with E-state index in [1.54, 1.807) is 11.3 Å². The van der Waals surface area contributed by atoms with Crippen LogP contribution in [0.1, 0.15) is 4.88 Å². The maximum Gasteiger partial charge on any atom is 0.186 e. The average Bonchev–Trinajstić information content (AvgIpc) is 2.95. The first kappa shape index (κ1) is 12.3. The fourth-order valence-electron chi connectivity index (χ4n) is 1.95. The Morgan fingerprint density at radius 2 is 2.11 bits per heavy atom. The second kappa shape index (κ2) is 4.72. The van der Waals surface area contributed by atoms with Gasteiger partial charge in [-0.25, -0.2) is 0 Å². The molecule has 0 spiro atoms. The Labute approximate surface area is 119 Å². The smallest absolute Gasteiger partial charge is 0.186 e. The Bertz CT molecular complexity index is 733. The lowest BCUT2D eigenvalue weighted by molar-refractivity contribution is 0.437. The Balaban J connectivity index is 2.19. The van der Waals surface area contributed by atoms with Crippen LogP contribution < -0.4 is 5.73 Å². The van der Waals surface area contributed by atoms with E-state index in [4.69, 9.17) is 21.9 Å². The first-order valence-corrected chi connectivity index (χ1v) is 6.92. The van der Waals surface area contributed by atoms with Crippen LogP contribution in [-0.2, 0) is 0 Å². The third-order valence-electron chi connectivity index (χ3n) is 2.80. The summed E-state index contributed by atoms with van der Waals surface area (Å²) >= 11 is 7.67. The molecule has 0 aliphatic heterocycles. The lowest BCUT2D eigenvalue weighted by Crippen LogP contribution is -1.88. The Hall–Kier alpha value is -1.78. The molecule has 0 unspecified atom stereocenters. The minimum Gasteiger partial charge on any atom is -0.380 e. The molecule has 2 aromatic heterocycles. The molecule has 0 amide bonds. The number of anilines is 1. The summed E-state index contributed by atoms with van der Waals surface area (Å²) < 4.78 is 5.38. The highest BCUT2D eigenvalue weighted by Gasteiger charge is 2.18. The van der Waals surface area contributed by atoms with E-state index in [1.807, 2.05) is 43.3 Å². The second-order valence-corrected chi connectivity index (χ2v) is 5.92. The van der Waals surface area contributed by atoms with Crippen molar-refractivity contribution in [3.8, 4) is 21.8 Å². The van der Waals surface area contributed by atoms with Crippen molar-refractivity contribution >= 4 is 28.8 Å². The van der Waals surface area contributed by atoms with Gasteiger partial charge in [-0.05, 0) is 36.8 Å². The Morgan fingerprint density at radius 3 is 2.79 bits per heavy atom. The first-order chi connectivity index (χ1) is 9.15. The van der Waals surface area contributed by atoms with Crippen LogP contribution in [0.2, 0.25) is 5.02 Å². The summed E-state index contributed by atoms with van der Waals surface area (Å²) in [6.45, 7) is 2.05. The predicted octanol–water partition coefficient (Wildman–Crippen LogP) is 4.61. The monoisotopic (exact) mass is 290 g/mol. The van der Waals surface area contributed by atoms with Crippen LogP contribution in [0, 0.1) is 6.92 Å². The van der Waals surface area contributed by atoms with Gasteiger partial charge in [0.25, 0.3) is 0 Å². The van der Waals surface area contributed by atoms with Crippen LogP contribution >= 0.6 is 22.9 Å². The number of aromatic nitrogens is 1. The molecule has 0 atom stereocenters. The summed E-state index contributed by atoms with van der Waals surface area (Å²) in [4.78, 5) is 2.22. The number of nitrogen functional groups attached to an aromatic ring is 1. The van der Waals surface area contributed by atoms with Gasteiger partial charge in [-0.1, -0.05) is 28.9 Å². The van der Waals surface area contributed by atoms with E-state index in [0.29, 0.717) is 16.6 Å². The molecule has 0 radical (unpaired) electrons. The number of halogens is 1. The summed E-state index contributed by atoms with van der Waals surface area (Å²) in [6, 6.07) is 11.6. The van der Waals surface area contributed by atoms with E-state index in [2.05, 4.69) is 5.16 Å². The number of aryl methyl sites for hydroxylation is 1. The number of nitrogens with two attached hydrogens (primary N) is 1. The molecule has 0 fully saturated rings. The molecule has 5 heteroatoms. The molecule has 2 heterocycles. The molecule has 2 N–H and O–H groups in total. The van der Waals surface area contributed by atoms with Gasteiger partial charge < -0.3 is 10.3 Å². The molecular weight excluding hydrogens is 280 g/mol. The maximum absolute atomic E-state index is 6.03. The lowest BCUT2D eigenvalue weighted by atomic mass is 10.1. The van der Waals surface area contributed by atoms with Gasteiger partial charge in [0.1, 0.15) is 0 Å². The summed E-state index contributed by atoms with van der Waals surface area (Å²) in [5, 5.41) is 4.53. The molecule has 3 aromatic rings. The Kier molecular flexibility index (Phi) is 3.05. The molecule has 19 heavy (non-hydrogen) atoms. The summed E-state index contributed by atoms with van der Waals surface area (Å²) in [5.74, 6) is 1.07. The minimum atomic E-state index is 0.378. The molecule has 0 saturated carbocycles. The minimum absolute atomic E-state index is 0.378. The highest BCUT2D eigenvalue weighted by Crippen LogP contribution is 2.39. The van der Waals surface area contributed by atoms with Crippen molar-refractivity contribution in [2.75, 3.05) is 5.73 Å². The van der Waals surface area contributed by atoms with Gasteiger partial charge in [-0.3, -0.25) is 0 Å². The molecule has 3 nitrogen and oxygen atoms in total. The van der Waals surface area contributed by atoms with E-state index in [9.17, 15) is 0 Å². The SMILES string of the molecule is Cc1ccc(-c2onc(N)c2-c2cccc(Cl)c2)s1. The van der Waals surface area contributed by atoms with Crippen molar-refractivity contribution in [3.63, 3.8) is 0 Å². The fraction of sp³-hybridized carbons (Fsp3) is 0.0714.